The van der Waals surface area contributed by atoms with Crippen LogP contribution in [0.1, 0.15) is 79.6 Å². The van der Waals surface area contributed by atoms with Gasteiger partial charge in [0, 0.05) is 6.42 Å². The van der Waals surface area contributed by atoms with E-state index < -0.39 is 0 Å². The van der Waals surface area contributed by atoms with Crippen molar-refractivity contribution in [2.24, 2.45) is 5.92 Å². The van der Waals surface area contributed by atoms with Gasteiger partial charge in [-0.3, -0.25) is 0 Å². The molecule has 0 radical (unpaired) electrons. The Kier molecular flexibility index (Phi) is 11.7. The van der Waals surface area contributed by atoms with Gasteiger partial charge in [0.05, 0.1) is 6.07 Å². The average molecular weight is 287 g/mol. The number of hydrogen-bond donors (Lipinski definition) is 0. The SMILES string of the molecule is CC(C)=CCC/C(C)=C/CC/C(C)=C/CCC(C)CC#N. The Morgan fingerprint density at radius 3 is 1.95 bits per heavy atom. The van der Waals surface area contributed by atoms with Gasteiger partial charge in [-0.1, -0.05) is 41.9 Å². The third kappa shape index (κ3) is 13.4. The van der Waals surface area contributed by atoms with Crippen molar-refractivity contribution in [3.63, 3.8) is 0 Å². The Labute approximate surface area is 132 Å². The zero-order valence-electron chi connectivity index (χ0n) is 14.7. The standard InChI is InChI=1S/C20H33N/c1-17(2)9-6-10-18(3)11-7-12-19(4)13-8-14-20(5)15-16-21/h9,11,13,20H,6-8,10,12,14-15H2,1-5H3/b18-11+,19-13+. The van der Waals surface area contributed by atoms with E-state index in [9.17, 15) is 0 Å². The molecule has 0 spiro atoms. The fraction of sp³-hybridized carbons (Fsp3) is 0.650. The van der Waals surface area contributed by atoms with Crippen molar-refractivity contribution in [1.29, 1.82) is 5.26 Å². The number of hydrogen-bond acceptors (Lipinski definition) is 1. The lowest BCUT2D eigenvalue weighted by molar-refractivity contribution is 0.550. The minimum absolute atomic E-state index is 0.524. The molecule has 1 nitrogen and oxygen atoms in total. The van der Waals surface area contributed by atoms with Gasteiger partial charge in [-0.25, -0.2) is 0 Å². The van der Waals surface area contributed by atoms with Gasteiger partial charge in [0.15, 0.2) is 0 Å². The van der Waals surface area contributed by atoms with Gasteiger partial charge in [-0.05, 0) is 72.1 Å². The summed E-state index contributed by atoms with van der Waals surface area (Å²) in [5.74, 6) is 0.524. The first kappa shape index (κ1) is 19.7. The molecule has 0 aliphatic rings. The van der Waals surface area contributed by atoms with Crippen LogP contribution in [-0.2, 0) is 0 Å². The zero-order valence-corrected chi connectivity index (χ0v) is 14.7. The number of allylic oxidation sites excluding steroid dienone is 6. The van der Waals surface area contributed by atoms with Gasteiger partial charge in [0.1, 0.15) is 0 Å². The summed E-state index contributed by atoms with van der Waals surface area (Å²) in [6.07, 6.45) is 14.6. The first-order valence-corrected chi connectivity index (χ1v) is 8.27. The van der Waals surface area contributed by atoms with Gasteiger partial charge in [-0.15, -0.1) is 0 Å². The van der Waals surface area contributed by atoms with Crippen LogP contribution in [-0.4, -0.2) is 0 Å². The highest BCUT2D eigenvalue weighted by Crippen LogP contribution is 2.14. The lowest BCUT2D eigenvalue weighted by Crippen LogP contribution is -1.91. The van der Waals surface area contributed by atoms with E-state index in [4.69, 9.17) is 5.26 Å². The van der Waals surface area contributed by atoms with E-state index in [0.29, 0.717) is 12.3 Å². The first-order valence-electron chi connectivity index (χ1n) is 8.27. The van der Waals surface area contributed by atoms with Crippen molar-refractivity contribution in [3.05, 3.63) is 34.9 Å². The molecule has 1 heteroatoms. The van der Waals surface area contributed by atoms with E-state index in [0.717, 1.165) is 32.1 Å². The third-order valence-corrected chi connectivity index (χ3v) is 3.71. The summed E-state index contributed by atoms with van der Waals surface area (Å²) < 4.78 is 0. The number of nitriles is 1. The van der Waals surface area contributed by atoms with Crippen molar-refractivity contribution in [3.8, 4) is 6.07 Å². The Balaban J connectivity index is 3.88. The summed E-state index contributed by atoms with van der Waals surface area (Å²) in [5.41, 5.74) is 4.39. The largest absolute Gasteiger partial charge is 0.198 e. The van der Waals surface area contributed by atoms with Crippen molar-refractivity contribution in [2.45, 2.75) is 79.6 Å². The molecule has 0 aromatic rings. The van der Waals surface area contributed by atoms with E-state index in [1.165, 1.54) is 23.1 Å². The summed E-state index contributed by atoms with van der Waals surface area (Å²) in [4.78, 5) is 0. The summed E-state index contributed by atoms with van der Waals surface area (Å²) in [6.45, 7) is 10.9. The molecule has 0 aromatic carbocycles. The molecule has 0 amide bonds. The lowest BCUT2D eigenvalue weighted by atomic mass is 10.0. The minimum Gasteiger partial charge on any atom is -0.198 e. The Morgan fingerprint density at radius 1 is 0.905 bits per heavy atom. The fourth-order valence-electron chi connectivity index (χ4n) is 2.21. The predicted octanol–water partition coefficient (Wildman–Crippen LogP) is 6.74. The monoisotopic (exact) mass is 287 g/mol. The van der Waals surface area contributed by atoms with E-state index in [-0.39, 0.29) is 0 Å². The second-order valence-electron chi connectivity index (χ2n) is 6.50. The molecule has 0 heterocycles. The maximum absolute atomic E-state index is 8.63. The molecule has 0 bridgehead atoms. The smallest absolute Gasteiger partial charge is 0.0624 e. The topological polar surface area (TPSA) is 23.8 Å². The van der Waals surface area contributed by atoms with Crippen molar-refractivity contribution in [2.75, 3.05) is 0 Å². The molecule has 118 valence electrons. The second-order valence-corrected chi connectivity index (χ2v) is 6.50. The zero-order chi connectivity index (χ0) is 16.1. The van der Waals surface area contributed by atoms with Crippen LogP contribution in [0, 0.1) is 17.2 Å². The summed E-state index contributed by atoms with van der Waals surface area (Å²) in [7, 11) is 0. The quantitative estimate of drug-likeness (QED) is 0.408. The molecule has 0 rings (SSSR count). The highest BCUT2D eigenvalue weighted by Gasteiger charge is 1.99. The lowest BCUT2D eigenvalue weighted by Gasteiger charge is -2.05. The molecule has 0 saturated heterocycles. The highest BCUT2D eigenvalue weighted by atomic mass is 14.2. The molecule has 0 aliphatic heterocycles. The van der Waals surface area contributed by atoms with E-state index >= 15 is 0 Å². The van der Waals surface area contributed by atoms with E-state index in [1.54, 1.807) is 0 Å². The molecule has 1 unspecified atom stereocenters. The molecule has 0 saturated carbocycles. The highest BCUT2D eigenvalue weighted by molar-refractivity contribution is 5.05. The normalized spacial score (nSPS) is 13.7. The molecule has 21 heavy (non-hydrogen) atoms. The van der Waals surface area contributed by atoms with Crippen LogP contribution in [0.25, 0.3) is 0 Å². The third-order valence-electron chi connectivity index (χ3n) is 3.71. The Bertz CT molecular complexity index is 400. The van der Waals surface area contributed by atoms with Gasteiger partial charge in [-0.2, -0.15) is 5.26 Å². The summed E-state index contributed by atoms with van der Waals surface area (Å²) >= 11 is 0. The average Bonchev–Trinajstić information content (AvgIpc) is 2.38. The Hall–Kier alpha value is -1.29. The summed E-state index contributed by atoms with van der Waals surface area (Å²) in [6, 6.07) is 2.24. The van der Waals surface area contributed by atoms with E-state index in [2.05, 4.69) is 58.9 Å². The fourth-order valence-corrected chi connectivity index (χ4v) is 2.21. The molecule has 0 aliphatic carbocycles. The van der Waals surface area contributed by atoms with Crippen LogP contribution in [0.3, 0.4) is 0 Å². The van der Waals surface area contributed by atoms with Crippen molar-refractivity contribution >= 4 is 0 Å². The van der Waals surface area contributed by atoms with Crippen LogP contribution >= 0.6 is 0 Å². The van der Waals surface area contributed by atoms with Crippen LogP contribution in [0.5, 0.6) is 0 Å². The predicted molar refractivity (Wildman–Crippen MR) is 94.0 cm³/mol. The van der Waals surface area contributed by atoms with E-state index in [1.807, 2.05) is 0 Å². The Morgan fingerprint density at radius 2 is 1.43 bits per heavy atom. The molecule has 0 aromatic heterocycles. The van der Waals surface area contributed by atoms with Gasteiger partial charge in [0.25, 0.3) is 0 Å². The van der Waals surface area contributed by atoms with Crippen molar-refractivity contribution < 1.29 is 0 Å². The van der Waals surface area contributed by atoms with Crippen LogP contribution in [0.15, 0.2) is 34.9 Å². The molecular weight excluding hydrogens is 254 g/mol. The second kappa shape index (κ2) is 12.5. The van der Waals surface area contributed by atoms with Crippen molar-refractivity contribution in [1.82, 2.24) is 0 Å². The first-order chi connectivity index (χ1) is 9.95. The maximum atomic E-state index is 8.63. The number of nitrogens with zero attached hydrogens (tertiary/aromatic N) is 1. The van der Waals surface area contributed by atoms with Crippen LogP contribution in [0.2, 0.25) is 0 Å². The van der Waals surface area contributed by atoms with Gasteiger partial charge < -0.3 is 0 Å². The van der Waals surface area contributed by atoms with Crippen LogP contribution < -0.4 is 0 Å². The summed E-state index contributed by atoms with van der Waals surface area (Å²) in [5, 5.41) is 8.63. The molecule has 0 N–H and O–H groups in total. The molecule has 0 fully saturated rings. The minimum atomic E-state index is 0.524. The maximum Gasteiger partial charge on any atom is 0.0624 e. The van der Waals surface area contributed by atoms with Crippen LogP contribution in [0.4, 0.5) is 0 Å². The van der Waals surface area contributed by atoms with Gasteiger partial charge in [0.2, 0.25) is 0 Å². The molecule has 1 atom stereocenters. The molecular formula is C20H33N. The number of rotatable bonds is 10. The van der Waals surface area contributed by atoms with Gasteiger partial charge >= 0.3 is 0 Å².